The summed E-state index contributed by atoms with van der Waals surface area (Å²) in [4.78, 5) is 0. The van der Waals surface area contributed by atoms with Crippen molar-refractivity contribution in [2.75, 3.05) is 11.5 Å². The van der Waals surface area contributed by atoms with Crippen LogP contribution in [0.4, 0.5) is 0 Å². The van der Waals surface area contributed by atoms with Crippen LogP contribution < -0.4 is 5.73 Å². The van der Waals surface area contributed by atoms with Gasteiger partial charge in [0.05, 0.1) is 23.2 Å². The molecule has 2 N–H and O–H groups in total. The molecule has 5 nitrogen and oxygen atoms in total. The molecular formula is C11H19N3O2S. The zero-order valence-electron chi connectivity index (χ0n) is 10.3. The molecule has 0 aliphatic carbocycles. The van der Waals surface area contributed by atoms with Gasteiger partial charge in [-0.2, -0.15) is 5.10 Å². The van der Waals surface area contributed by atoms with Gasteiger partial charge in [0.15, 0.2) is 9.84 Å². The average molecular weight is 257 g/mol. The molecule has 0 bridgehead atoms. The highest BCUT2D eigenvalue weighted by molar-refractivity contribution is 7.91. The molecule has 0 saturated carbocycles. The summed E-state index contributed by atoms with van der Waals surface area (Å²) >= 11 is 0. The number of rotatable bonds is 2. The van der Waals surface area contributed by atoms with Crippen molar-refractivity contribution in [1.29, 1.82) is 0 Å². The second kappa shape index (κ2) is 4.42. The Balaban J connectivity index is 2.34. The molecule has 2 rings (SSSR count). The summed E-state index contributed by atoms with van der Waals surface area (Å²) in [5.74, 6) is 0.519. The molecule has 96 valence electrons. The molecule has 1 aliphatic heterocycles. The van der Waals surface area contributed by atoms with Crippen LogP contribution in [0.2, 0.25) is 0 Å². The summed E-state index contributed by atoms with van der Waals surface area (Å²) in [6.45, 7) is 4.34. The van der Waals surface area contributed by atoms with Crippen LogP contribution in [0.15, 0.2) is 0 Å². The molecule has 1 saturated heterocycles. The van der Waals surface area contributed by atoms with E-state index in [0.29, 0.717) is 12.3 Å². The summed E-state index contributed by atoms with van der Waals surface area (Å²) in [5, 5.41) is 4.44. The smallest absolute Gasteiger partial charge is 0.152 e. The molecule has 0 spiro atoms. The lowest BCUT2D eigenvalue weighted by Gasteiger charge is -2.23. The maximum atomic E-state index is 11.6. The van der Waals surface area contributed by atoms with Crippen LogP contribution in [-0.4, -0.2) is 29.7 Å². The summed E-state index contributed by atoms with van der Waals surface area (Å²) in [7, 11) is -2.90. The monoisotopic (exact) mass is 257 g/mol. The fraction of sp³-hybridized carbons (Fsp3) is 0.727. The van der Waals surface area contributed by atoms with E-state index in [-0.39, 0.29) is 11.8 Å². The van der Waals surface area contributed by atoms with Crippen molar-refractivity contribution in [3.8, 4) is 0 Å². The van der Waals surface area contributed by atoms with Gasteiger partial charge in [-0.3, -0.25) is 4.68 Å². The van der Waals surface area contributed by atoms with E-state index < -0.39 is 9.84 Å². The summed E-state index contributed by atoms with van der Waals surface area (Å²) in [6.07, 6.45) is 1.61. The van der Waals surface area contributed by atoms with Gasteiger partial charge in [-0.1, -0.05) is 0 Å². The van der Waals surface area contributed by atoms with E-state index in [1.54, 1.807) is 0 Å². The number of aromatic nitrogens is 2. The molecule has 17 heavy (non-hydrogen) atoms. The molecule has 2 heterocycles. The van der Waals surface area contributed by atoms with Crippen molar-refractivity contribution in [2.24, 2.45) is 5.73 Å². The largest absolute Gasteiger partial charge is 0.326 e. The number of sulfone groups is 1. The van der Waals surface area contributed by atoms with Crippen molar-refractivity contribution >= 4 is 9.84 Å². The molecule has 0 aromatic carbocycles. The van der Waals surface area contributed by atoms with E-state index in [1.165, 1.54) is 0 Å². The van der Waals surface area contributed by atoms with Crippen LogP contribution in [0.5, 0.6) is 0 Å². The Morgan fingerprint density at radius 2 is 2.18 bits per heavy atom. The first-order chi connectivity index (χ1) is 7.94. The van der Waals surface area contributed by atoms with E-state index in [2.05, 4.69) is 5.10 Å². The fourth-order valence-corrected chi connectivity index (χ4v) is 4.21. The first-order valence-electron chi connectivity index (χ1n) is 5.89. The summed E-state index contributed by atoms with van der Waals surface area (Å²) in [6, 6.07) is -0.0206. The quantitative estimate of drug-likeness (QED) is 0.846. The maximum Gasteiger partial charge on any atom is 0.152 e. The van der Waals surface area contributed by atoms with Crippen molar-refractivity contribution in [3.05, 3.63) is 17.0 Å². The first kappa shape index (κ1) is 12.6. The van der Waals surface area contributed by atoms with Crippen LogP contribution in [0.3, 0.4) is 0 Å². The van der Waals surface area contributed by atoms with Crippen LogP contribution >= 0.6 is 0 Å². The number of nitrogens with zero attached hydrogens (tertiary/aromatic N) is 2. The minimum Gasteiger partial charge on any atom is -0.326 e. The molecule has 0 amide bonds. The fourth-order valence-electron chi connectivity index (χ4n) is 2.54. The number of aryl methyl sites for hydroxylation is 1. The Labute approximate surface area is 102 Å². The zero-order valence-corrected chi connectivity index (χ0v) is 11.1. The van der Waals surface area contributed by atoms with Gasteiger partial charge in [-0.25, -0.2) is 8.42 Å². The molecule has 0 radical (unpaired) electrons. The second-order valence-electron chi connectivity index (χ2n) is 4.71. The number of hydrogen-bond acceptors (Lipinski definition) is 4. The van der Waals surface area contributed by atoms with Gasteiger partial charge in [-0.15, -0.1) is 0 Å². The highest BCUT2D eigenvalue weighted by atomic mass is 32.2. The molecule has 1 unspecified atom stereocenters. The SMILES string of the molecule is Cc1nn(C2CCCS(=O)(=O)C2)c(C)c1CN. The maximum absolute atomic E-state index is 11.6. The standard InChI is InChI=1S/C11H19N3O2S/c1-8-11(6-12)9(2)14(13-8)10-4-3-5-17(15,16)7-10/h10H,3-7,12H2,1-2H3. The predicted molar refractivity (Wildman–Crippen MR) is 66.5 cm³/mol. The normalized spacial score (nSPS) is 23.8. The van der Waals surface area contributed by atoms with Gasteiger partial charge in [0.25, 0.3) is 0 Å². The van der Waals surface area contributed by atoms with Crippen molar-refractivity contribution in [3.63, 3.8) is 0 Å². The van der Waals surface area contributed by atoms with Crippen molar-refractivity contribution in [1.82, 2.24) is 9.78 Å². The lowest BCUT2D eigenvalue weighted by Crippen LogP contribution is -2.28. The highest BCUT2D eigenvalue weighted by Gasteiger charge is 2.28. The van der Waals surface area contributed by atoms with Gasteiger partial charge < -0.3 is 5.73 Å². The average Bonchev–Trinajstić information content (AvgIpc) is 2.52. The van der Waals surface area contributed by atoms with E-state index in [1.807, 2.05) is 18.5 Å². The number of hydrogen-bond donors (Lipinski definition) is 1. The van der Waals surface area contributed by atoms with Crippen LogP contribution in [0.25, 0.3) is 0 Å². The topological polar surface area (TPSA) is 78.0 Å². The molecule has 1 aromatic heterocycles. The van der Waals surface area contributed by atoms with E-state index in [9.17, 15) is 8.42 Å². The predicted octanol–water partition coefficient (Wildman–Crippen LogP) is 0.708. The minimum absolute atomic E-state index is 0.0206. The molecular weight excluding hydrogens is 238 g/mol. The Kier molecular flexibility index (Phi) is 3.27. The Bertz CT molecular complexity index is 519. The molecule has 1 atom stereocenters. The Morgan fingerprint density at radius 3 is 2.71 bits per heavy atom. The van der Waals surface area contributed by atoms with Crippen LogP contribution in [0.1, 0.15) is 35.8 Å². The van der Waals surface area contributed by atoms with Crippen molar-refractivity contribution in [2.45, 2.75) is 39.3 Å². The molecule has 6 heteroatoms. The molecule has 1 fully saturated rings. The van der Waals surface area contributed by atoms with Crippen molar-refractivity contribution < 1.29 is 8.42 Å². The van der Waals surface area contributed by atoms with Crippen LogP contribution in [-0.2, 0) is 16.4 Å². The minimum atomic E-state index is -2.90. The van der Waals surface area contributed by atoms with Gasteiger partial charge in [-0.05, 0) is 26.7 Å². The second-order valence-corrected chi connectivity index (χ2v) is 6.94. The number of nitrogens with two attached hydrogens (primary N) is 1. The lowest BCUT2D eigenvalue weighted by molar-refractivity contribution is 0.426. The third kappa shape index (κ3) is 2.37. The zero-order chi connectivity index (χ0) is 12.6. The third-order valence-electron chi connectivity index (χ3n) is 3.46. The van der Waals surface area contributed by atoms with E-state index in [0.717, 1.165) is 29.8 Å². The van der Waals surface area contributed by atoms with Gasteiger partial charge >= 0.3 is 0 Å². The third-order valence-corrected chi connectivity index (χ3v) is 5.27. The summed E-state index contributed by atoms with van der Waals surface area (Å²) in [5.41, 5.74) is 8.63. The Hall–Kier alpha value is -0.880. The highest BCUT2D eigenvalue weighted by Crippen LogP contribution is 2.26. The van der Waals surface area contributed by atoms with Gasteiger partial charge in [0.1, 0.15) is 0 Å². The van der Waals surface area contributed by atoms with Gasteiger partial charge in [0, 0.05) is 17.8 Å². The lowest BCUT2D eigenvalue weighted by atomic mass is 10.1. The van der Waals surface area contributed by atoms with Crippen LogP contribution in [0, 0.1) is 13.8 Å². The Morgan fingerprint density at radius 1 is 1.47 bits per heavy atom. The van der Waals surface area contributed by atoms with Gasteiger partial charge in [0.2, 0.25) is 0 Å². The van der Waals surface area contributed by atoms with E-state index >= 15 is 0 Å². The molecule has 1 aliphatic rings. The summed E-state index contributed by atoms with van der Waals surface area (Å²) < 4.78 is 25.1. The molecule has 1 aromatic rings. The first-order valence-corrected chi connectivity index (χ1v) is 7.72. The van der Waals surface area contributed by atoms with E-state index in [4.69, 9.17) is 5.73 Å².